The van der Waals surface area contributed by atoms with E-state index in [2.05, 4.69) is 25.9 Å². The Labute approximate surface area is 270 Å². The molecule has 4 aromatic rings. The molecule has 0 fully saturated rings. The molecule has 0 aliphatic heterocycles. The quantitative estimate of drug-likeness (QED) is 0.110. The molecule has 44 heavy (non-hydrogen) atoms. The number of pyridine rings is 2. The maximum Gasteiger partial charge on any atom is 0.274 e. The third-order valence-electron chi connectivity index (χ3n) is 6.42. The Morgan fingerprint density at radius 1 is 0.909 bits per heavy atom. The lowest BCUT2D eigenvalue weighted by Crippen LogP contribution is -2.19. The summed E-state index contributed by atoms with van der Waals surface area (Å²) in [6.07, 6.45) is 1.55. The van der Waals surface area contributed by atoms with Crippen LogP contribution in [0.3, 0.4) is 0 Å². The lowest BCUT2D eigenvalue weighted by Gasteiger charge is -2.16. The average Bonchev–Trinajstić information content (AvgIpc) is 3.03. The molecule has 0 spiro atoms. The van der Waals surface area contributed by atoms with Gasteiger partial charge < -0.3 is 35.6 Å². The molecule has 232 valence electrons. The first kappa shape index (κ1) is 33.4. The van der Waals surface area contributed by atoms with Gasteiger partial charge in [-0.05, 0) is 35.9 Å². The van der Waals surface area contributed by atoms with Gasteiger partial charge in [0.2, 0.25) is 5.88 Å². The van der Waals surface area contributed by atoms with Gasteiger partial charge in [-0.3, -0.25) is 9.78 Å². The highest BCUT2D eigenvalue weighted by molar-refractivity contribution is 6.39. The Bertz CT molecular complexity index is 1590. The smallest absolute Gasteiger partial charge is 0.274 e. The zero-order valence-electron chi connectivity index (χ0n) is 23.9. The second kappa shape index (κ2) is 16.6. The van der Waals surface area contributed by atoms with Gasteiger partial charge in [-0.15, -0.1) is 0 Å². The molecular formula is C31H32Cl3N5O5. The van der Waals surface area contributed by atoms with Crippen molar-refractivity contribution in [2.75, 3.05) is 38.7 Å². The fourth-order valence-corrected chi connectivity index (χ4v) is 5.06. The molecule has 2 aromatic carbocycles. The molecule has 5 N–H and O–H groups in total. The summed E-state index contributed by atoms with van der Waals surface area (Å²) in [4.78, 5) is 21.7. The number of hydrogen-bond acceptors (Lipinski definition) is 9. The van der Waals surface area contributed by atoms with Crippen LogP contribution in [0.5, 0.6) is 11.6 Å². The molecular weight excluding hydrogens is 629 g/mol. The highest BCUT2D eigenvalue weighted by atomic mass is 35.5. The molecule has 0 radical (unpaired) electrons. The number of halogens is 3. The van der Waals surface area contributed by atoms with Gasteiger partial charge in [-0.1, -0.05) is 59.1 Å². The fraction of sp³-hybridized carbons (Fsp3) is 0.258. The minimum atomic E-state index is -0.425. The van der Waals surface area contributed by atoms with Gasteiger partial charge in [0.15, 0.2) is 0 Å². The Balaban J connectivity index is 1.51. The zero-order valence-corrected chi connectivity index (χ0v) is 26.1. The summed E-state index contributed by atoms with van der Waals surface area (Å²) in [5.74, 6) is 0.353. The molecule has 2 heterocycles. The molecule has 10 nitrogen and oxygen atoms in total. The van der Waals surface area contributed by atoms with Crippen molar-refractivity contribution in [3.8, 4) is 22.8 Å². The van der Waals surface area contributed by atoms with Crippen LogP contribution in [0.25, 0.3) is 11.1 Å². The zero-order chi connectivity index (χ0) is 31.5. The number of methoxy groups -OCH3 is 1. The minimum Gasteiger partial charge on any atom is -0.486 e. The topological polar surface area (TPSA) is 138 Å². The van der Waals surface area contributed by atoms with Gasteiger partial charge >= 0.3 is 0 Å². The first-order valence-electron chi connectivity index (χ1n) is 13.7. The number of nitrogens with one attached hydrogen (secondary N) is 3. The van der Waals surface area contributed by atoms with Gasteiger partial charge in [0, 0.05) is 49.1 Å². The average molecular weight is 661 g/mol. The minimum absolute atomic E-state index is 0.0106. The third kappa shape index (κ3) is 8.58. The van der Waals surface area contributed by atoms with E-state index in [1.165, 1.54) is 7.11 Å². The highest BCUT2D eigenvalue weighted by Crippen LogP contribution is 2.41. The predicted octanol–water partition coefficient (Wildman–Crippen LogP) is 5.11. The molecule has 4 rings (SSSR count). The summed E-state index contributed by atoms with van der Waals surface area (Å²) >= 11 is 20.1. The monoisotopic (exact) mass is 659 g/mol. The molecule has 2 aromatic heterocycles. The van der Waals surface area contributed by atoms with Crippen molar-refractivity contribution in [1.29, 1.82) is 0 Å². The van der Waals surface area contributed by atoms with Crippen LogP contribution < -0.4 is 25.4 Å². The van der Waals surface area contributed by atoms with Crippen molar-refractivity contribution < 1.29 is 24.5 Å². The largest absolute Gasteiger partial charge is 0.486 e. The van der Waals surface area contributed by atoms with Crippen molar-refractivity contribution in [3.05, 3.63) is 98.4 Å². The first-order valence-corrected chi connectivity index (χ1v) is 14.8. The molecule has 1 amide bonds. The normalized spacial score (nSPS) is 11.0. The van der Waals surface area contributed by atoms with Crippen LogP contribution in [0, 0.1) is 0 Å². The van der Waals surface area contributed by atoms with E-state index >= 15 is 0 Å². The SMILES string of the molecule is COc1nc(COc2cccc(-c3cccc(NC(=O)c4cc(CNCCO)ccn4)c3Cl)c2Cl)c(Cl)cc1CNCCO. The summed E-state index contributed by atoms with van der Waals surface area (Å²) in [5, 5.41) is 28.0. The number of rotatable bonds is 15. The van der Waals surface area contributed by atoms with Gasteiger partial charge in [0.05, 0.1) is 41.1 Å². The third-order valence-corrected chi connectivity index (χ3v) is 7.55. The summed E-state index contributed by atoms with van der Waals surface area (Å²) < 4.78 is 11.4. The first-order chi connectivity index (χ1) is 21.4. The van der Waals surface area contributed by atoms with Crippen molar-refractivity contribution >= 4 is 46.4 Å². The van der Waals surface area contributed by atoms with Gasteiger partial charge in [-0.25, -0.2) is 4.98 Å². The summed E-state index contributed by atoms with van der Waals surface area (Å²) in [6.45, 7) is 1.84. The molecule has 13 heteroatoms. The van der Waals surface area contributed by atoms with Gasteiger partial charge in [-0.2, -0.15) is 0 Å². The van der Waals surface area contributed by atoms with Crippen LogP contribution in [0.2, 0.25) is 15.1 Å². The Morgan fingerprint density at radius 2 is 1.61 bits per heavy atom. The maximum atomic E-state index is 13.0. The lowest BCUT2D eigenvalue weighted by atomic mass is 10.0. The summed E-state index contributed by atoms with van der Waals surface area (Å²) in [7, 11) is 1.52. The number of aliphatic hydroxyl groups excluding tert-OH is 2. The number of aliphatic hydroxyl groups is 2. The van der Waals surface area contributed by atoms with Crippen LogP contribution in [0.1, 0.15) is 27.3 Å². The molecule has 0 atom stereocenters. The molecule has 0 saturated heterocycles. The molecule has 0 bridgehead atoms. The van der Waals surface area contributed by atoms with E-state index < -0.39 is 5.91 Å². The van der Waals surface area contributed by atoms with Crippen LogP contribution in [0.4, 0.5) is 5.69 Å². The van der Waals surface area contributed by atoms with E-state index in [1.807, 2.05) is 0 Å². The lowest BCUT2D eigenvalue weighted by molar-refractivity contribution is 0.102. The van der Waals surface area contributed by atoms with E-state index in [-0.39, 0.29) is 25.5 Å². The van der Waals surface area contributed by atoms with Crippen molar-refractivity contribution in [3.63, 3.8) is 0 Å². The summed E-state index contributed by atoms with van der Waals surface area (Å²) in [5.41, 5.74) is 3.85. The van der Waals surface area contributed by atoms with Gasteiger partial charge in [0.1, 0.15) is 23.7 Å². The van der Waals surface area contributed by atoms with E-state index in [0.717, 1.165) is 11.1 Å². The van der Waals surface area contributed by atoms with Crippen LogP contribution in [-0.4, -0.2) is 59.5 Å². The maximum absolute atomic E-state index is 13.0. The van der Waals surface area contributed by atoms with Crippen LogP contribution >= 0.6 is 34.8 Å². The number of carbonyl (C=O) groups excluding carboxylic acids is 1. The number of ether oxygens (including phenoxy) is 2. The van der Waals surface area contributed by atoms with E-state index in [4.69, 9.17) is 54.5 Å². The second-order valence-electron chi connectivity index (χ2n) is 9.46. The van der Waals surface area contributed by atoms with Crippen LogP contribution in [0.15, 0.2) is 60.8 Å². The molecule has 0 saturated carbocycles. The molecule has 0 aliphatic carbocycles. The van der Waals surface area contributed by atoms with Crippen molar-refractivity contribution in [2.24, 2.45) is 0 Å². The number of carbonyl (C=O) groups is 1. The number of benzene rings is 2. The Morgan fingerprint density at radius 3 is 2.34 bits per heavy atom. The predicted molar refractivity (Wildman–Crippen MR) is 172 cm³/mol. The Hall–Kier alpha value is -3.48. The summed E-state index contributed by atoms with van der Waals surface area (Å²) in [6, 6.07) is 15.8. The second-order valence-corrected chi connectivity index (χ2v) is 10.6. The van der Waals surface area contributed by atoms with E-state index in [1.54, 1.807) is 60.8 Å². The van der Waals surface area contributed by atoms with Crippen LogP contribution in [-0.2, 0) is 19.7 Å². The Kier molecular flexibility index (Phi) is 12.6. The molecule has 0 unspecified atom stereocenters. The standard InChI is InChI=1S/C31H32Cl3N5O5/c1-43-31-20(17-36-11-13-41)15-23(32)26(39-31)18-44-27-7-3-5-22(29(27)34)21-4-2-6-24(28(21)33)38-30(42)25-14-19(8-9-37-25)16-35-10-12-40/h2-9,14-15,35-36,40-41H,10-13,16-18H2,1H3,(H,38,42). The number of aromatic nitrogens is 2. The van der Waals surface area contributed by atoms with E-state index in [9.17, 15) is 4.79 Å². The number of nitrogens with zero attached hydrogens (tertiary/aromatic N) is 2. The highest BCUT2D eigenvalue weighted by Gasteiger charge is 2.18. The van der Waals surface area contributed by atoms with E-state index in [0.29, 0.717) is 75.4 Å². The fourth-order valence-electron chi connectivity index (χ4n) is 4.27. The number of amides is 1. The van der Waals surface area contributed by atoms with Gasteiger partial charge in [0.25, 0.3) is 5.91 Å². The number of anilines is 1. The van der Waals surface area contributed by atoms with Crippen molar-refractivity contribution in [1.82, 2.24) is 20.6 Å². The molecule has 0 aliphatic rings. The number of hydrogen-bond donors (Lipinski definition) is 5. The van der Waals surface area contributed by atoms with Crippen molar-refractivity contribution in [2.45, 2.75) is 19.7 Å².